The Hall–Kier alpha value is -1.10. The lowest BCUT2D eigenvalue weighted by Gasteiger charge is -2.02. The van der Waals surface area contributed by atoms with Crippen molar-refractivity contribution in [2.24, 2.45) is 4.40 Å². The van der Waals surface area contributed by atoms with Gasteiger partial charge in [0.15, 0.2) is 0 Å². The van der Waals surface area contributed by atoms with E-state index < -0.39 is 10.0 Å². The molecule has 5 heteroatoms. The molecule has 0 rings (SSSR count). The van der Waals surface area contributed by atoms with Gasteiger partial charge < -0.3 is 5.32 Å². The molecule has 4 nitrogen and oxygen atoms in total. The highest BCUT2D eigenvalue weighted by Crippen LogP contribution is 1.89. The number of hydrogen-bond acceptors (Lipinski definition) is 2. The minimum Gasteiger partial charge on any atom is -0.344 e. The Morgan fingerprint density at radius 1 is 1.43 bits per heavy atom. The molecule has 0 saturated carbocycles. The maximum Gasteiger partial charge on any atom is 0.252 e. The number of nitrogens with one attached hydrogen (secondary N) is 1. The lowest BCUT2D eigenvalue weighted by Crippen LogP contribution is -2.19. The summed E-state index contributed by atoms with van der Waals surface area (Å²) >= 11 is 0. The average Bonchev–Trinajstić information content (AvgIpc) is 2.03. The number of allylic oxidation sites excluding steroid dienone is 1. The molecule has 0 radical (unpaired) electrons. The molecule has 0 saturated heterocycles. The Bertz CT molecular complexity index is 316. The minimum absolute atomic E-state index is 0.185. The Kier molecular flexibility index (Phi) is 8.04. The van der Waals surface area contributed by atoms with Crippen LogP contribution in [0.15, 0.2) is 29.3 Å². The van der Waals surface area contributed by atoms with Crippen LogP contribution in [0, 0.1) is 0 Å². The molecule has 0 aliphatic rings. The first kappa shape index (κ1) is 15.4. The summed E-state index contributed by atoms with van der Waals surface area (Å²) in [7, 11) is -3.37. The maximum absolute atomic E-state index is 10.7. The fraction of sp³-hybridized carbons (Fsp3) is 0.444. The highest BCUT2D eigenvalue weighted by molar-refractivity contribution is 7.89. The van der Waals surface area contributed by atoms with E-state index in [4.69, 9.17) is 0 Å². The van der Waals surface area contributed by atoms with Crippen molar-refractivity contribution in [3.8, 4) is 0 Å². The molecule has 0 unspecified atom stereocenters. The SMILES string of the molecule is C=C/C(=N\S(C)(=O)=O)NC(=C)C.CC. The number of amidine groups is 1. The predicted molar refractivity (Wildman–Crippen MR) is 61.8 cm³/mol. The van der Waals surface area contributed by atoms with Gasteiger partial charge in [0, 0.05) is 5.70 Å². The minimum atomic E-state index is -3.37. The van der Waals surface area contributed by atoms with Crippen LogP contribution in [0.2, 0.25) is 0 Å². The van der Waals surface area contributed by atoms with E-state index in [1.807, 2.05) is 13.8 Å². The van der Waals surface area contributed by atoms with Crippen LogP contribution in [0.1, 0.15) is 20.8 Å². The van der Waals surface area contributed by atoms with E-state index in [2.05, 4.69) is 22.9 Å². The number of rotatable bonds is 3. The molecule has 0 bridgehead atoms. The molecule has 0 amide bonds. The lowest BCUT2D eigenvalue weighted by atomic mass is 10.5. The van der Waals surface area contributed by atoms with E-state index in [1.165, 1.54) is 6.08 Å². The van der Waals surface area contributed by atoms with Crippen molar-refractivity contribution in [3.05, 3.63) is 24.9 Å². The monoisotopic (exact) mass is 218 g/mol. The van der Waals surface area contributed by atoms with Crippen molar-refractivity contribution in [1.82, 2.24) is 5.32 Å². The number of sulfonamides is 1. The zero-order valence-corrected chi connectivity index (χ0v) is 9.98. The van der Waals surface area contributed by atoms with E-state index in [-0.39, 0.29) is 5.84 Å². The van der Waals surface area contributed by atoms with Gasteiger partial charge in [-0.3, -0.25) is 0 Å². The van der Waals surface area contributed by atoms with Crippen molar-refractivity contribution in [1.29, 1.82) is 0 Å². The van der Waals surface area contributed by atoms with E-state index in [1.54, 1.807) is 6.92 Å². The second-order valence-electron chi connectivity index (χ2n) is 2.32. The van der Waals surface area contributed by atoms with Crippen LogP contribution in [0.4, 0.5) is 0 Å². The first-order valence-electron chi connectivity index (χ1n) is 4.20. The molecule has 0 aromatic heterocycles. The highest BCUT2D eigenvalue weighted by atomic mass is 32.2. The lowest BCUT2D eigenvalue weighted by molar-refractivity contribution is 0.603. The molecular formula is C9H18N2O2S. The van der Waals surface area contributed by atoms with Gasteiger partial charge >= 0.3 is 0 Å². The van der Waals surface area contributed by atoms with Crippen LogP contribution in [0.25, 0.3) is 0 Å². The first-order valence-corrected chi connectivity index (χ1v) is 6.05. The van der Waals surface area contributed by atoms with Gasteiger partial charge in [0.1, 0.15) is 5.84 Å². The predicted octanol–water partition coefficient (Wildman–Crippen LogP) is 1.68. The molecule has 0 fully saturated rings. The summed E-state index contributed by atoms with van der Waals surface area (Å²) in [6.07, 6.45) is 2.33. The van der Waals surface area contributed by atoms with Crippen LogP contribution >= 0.6 is 0 Å². The van der Waals surface area contributed by atoms with Gasteiger partial charge in [-0.2, -0.15) is 0 Å². The van der Waals surface area contributed by atoms with E-state index >= 15 is 0 Å². The summed E-state index contributed by atoms with van der Waals surface area (Å²) in [4.78, 5) is 0. The molecule has 0 aromatic carbocycles. The van der Waals surface area contributed by atoms with Crippen LogP contribution < -0.4 is 5.32 Å². The van der Waals surface area contributed by atoms with E-state index in [0.29, 0.717) is 5.70 Å². The molecule has 0 aliphatic heterocycles. The van der Waals surface area contributed by atoms with E-state index in [0.717, 1.165) is 6.26 Å². The van der Waals surface area contributed by atoms with Crippen molar-refractivity contribution in [2.45, 2.75) is 20.8 Å². The molecule has 0 heterocycles. The van der Waals surface area contributed by atoms with Gasteiger partial charge in [-0.1, -0.05) is 27.0 Å². The smallest absolute Gasteiger partial charge is 0.252 e. The van der Waals surface area contributed by atoms with Crippen LogP contribution in [-0.2, 0) is 10.0 Å². The van der Waals surface area contributed by atoms with Crippen molar-refractivity contribution < 1.29 is 8.42 Å². The summed E-state index contributed by atoms with van der Waals surface area (Å²) in [5.74, 6) is 0.185. The third-order valence-corrected chi connectivity index (χ3v) is 1.33. The standard InChI is InChI=1S/C7H12N2O2S.C2H6/c1-5-7(8-6(2)3)9-12(4,10)11;1-2/h5H,1-2H2,3-4H3,(H,8,9);1-2H3. The first-order chi connectivity index (χ1) is 6.35. The molecule has 14 heavy (non-hydrogen) atoms. The molecule has 1 N–H and O–H groups in total. The average molecular weight is 218 g/mol. The molecule has 82 valence electrons. The van der Waals surface area contributed by atoms with Crippen molar-refractivity contribution in [2.75, 3.05) is 6.26 Å². The normalized spacial score (nSPS) is 11.0. The Labute approximate surface area is 86.5 Å². The highest BCUT2D eigenvalue weighted by Gasteiger charge is 1.99. The Morgan fingerprint density at radius 3 is 2.07 bits per heavy atom. The molecular weight excluding hydrogens is 200 g/mol. The van der Waals surface area contributed by atoms with Gasteiger partial charge in [0.25, 0.3) is 10.0 Å². The molecule has 0 aliphatic carbocycles. The molecule has 0 atom stereocenters. The summed E-state index contributed by atoms with van der Waals surface area (Å²) < 4.78 is 24.7. The van der Waals surface area contributed by atoms with Gasteiger partial charge in [-0.25, -0.2) is 8.42 Å². The Balaban J connectivity index is 0. The second kappa shape index (κ2) is 7.32. The van der Waals surface area contributed by atoms with Crippen LogP contribution in [-0.4, -0.2) is 20.5 Å². The fourth-order valence-corrected chi connectivity index (χ4v) is 0.986. The molecule has 0 aromatic rings. The topological polar surface area (TPSA) is 58.5 Å². The Morgan fingerprint density at radius 2 is 1.86 bits per heavy atom. The zero-order chi connectivity index (χ0) is 11.8. The second-order valence-corrected chi connectivity index (χ2v) is 3.97. The van der Waals surface area contributed by atoms with Crippen molar-refractivity contribution in [3.63, 3.8) is 0 Å². The summed E-state index contributed by atoms with van der Waals surface area (Å²) in [5.41, 5.74) is 0.609. The summed E-state index contributed by atoms with van der Waals surface area (Å²) in [6, 6.07) is 0. The summed E-state index contributed by atoms with van der Waals surface area (Å²) in [5, 5.41) is 2.64. The maximum atomic E-state index is 10.7. The van der Waals surface area contributed by atoms with Gasteiger partial charge in [-0.15, -0.1) is 4.40 Å². The van der Waals surface area contributed by atoms with Crippen molar-refractivity contribution >= 4 is 15.9 Å². The van der Waals surface area contributed by atoms with E-state index in [9.17, 15) is 8.42 Å². The number of hydrogen-bond donors (Lipinski definition) is 1. The number of nitrogens with zero attached hydrogens (tertiary/aromatic N) is 1. The zero-order valence-electron chi connectivity index (χ0n) is 9.16. The third-order valence-electron chi connectivity index (χ3n) is 0.799. The molecule has 0 spiro atoms. The van der Waals surface area contributed by atoms with Gasteiger partial charge in [0.2, 0.25) is 0 Å². The fourth-order valence-electron chi connectivity index (χ4n) is 0.508. The van der Waals surface area contributed by atoms with Crippen LogP contribution in [0.3, 0.4) is 0 Å². The largest absolute Gasteiger partial charge is 0.344 e. The third kappa shape index (κ3) is 10.9. The quantitative estimate of drug-likeness (QED) is 0.579. The van der Waals surface area contributed by atoms with Gasteiger partial charge in [-0.05, 0) is 13.0 Å². The van der Waals surface area contributed by atoms with Crippen LogP contribution in [0.5, 0.6) is 0 Å². The summed E-state index contributed by atoms with van der Waals surface area (Å²) in [6.45, 7) is 12.6. The van der Waals surface area contributed by atoms with Gasteiger partial charge in [0.05, 0.1) is 6.26 Å².